The van der Waals surface area contributed by atoms with Crippen LogP contribution in [0.4, 0.5) is 0 Å². The van der Waals surface area contributed by atoms with E-state index in [9.17, 15) is 5.11 Å². The monoisotopic (exact) mass is 305 g/mol. The molecule has 1 aromatic rings. The molecule has 0 aliphatic carbocycles. The quantitative estimate of drug-likeness (QED) is 0.825. The first kappa shape index (κ1) is 10.8. The molecule has 0 saturated carbocycles. The lowest BCUT2D eigenvalue weighted by atomic mass is 10.1. The van der Waals surface area contributed by atoms with Crippen LogP contribution in [0.2, 0.25) is 0 Å². The van der Waals surface area contributed by atoms with E-state index in [1.54, 1.807) is 18.2 Å². The summed E-state index contributed by atoms with van der Waals surface area (Å²) in [5, 5.41) is 9.42. The predicted molar refractivity (Wildman–Crippen MR) is 60.6 cm³/mol. The van der Waals surface area contributed by atoms with E-state index in [1.165, 1.54) is 0 Å². The average Bonchev–Trinajstić information content (AvgIpc) is 2.12. The van der Waals surface area contributed by atoms with Crippen molar-refractivity contribution in [1.82, 2.24) is 0 Å². The molecule has 0 aliphatic heterocycles. The Morgan fingerprint density at radius 2 is 1.85 bits per heavy atom. The SMILES string of the molecule is C=C[C@H](N)c1cc(Br)c(O)c(Br)c1. The van der Waals surface area contributed by atoms with Crippen molar-refractivity contribution in [2.75, 3.05) is 0 Å². The van der Waals surface area contributed by atoms with Crippen molar-refractivity contribution >= 4 is 31.9 Å². The number of phenolic OH excluding ortho intramolecular Hbond substituents is 1. The molecule has 2 nitrogen and oxygen atoms in total. The van der Waals surface area contributed by atoms with E-state index in [2.05, 4.69) is 38.4 Å². The van der Waals surface area contributed by atoms with Crippen LogP contribution in [0.3, 0.4) is 0 Å². The molecule has 0 amide bonds. The fourth-order valence-corrected chi connectivity index (χ4v) is 2.14. The van der Waals surface area contributed by atoms with E-state index in [-0.39, 0.29) is 11.8 Å². The zero-order chi connectivity index (χ0) is 10.0. The minimum atomic E-state index is -0.215. The summed E-state index contributed by atoms with van der Waals surface area (Å²) in [7, 11) is 0. The molecule has 0 spiro atoms. The Balaban J connectivity index is 3.20. The minimum absolute atomic E-state index is 0.181. The van der Waals surface area contributed by atoms with Crippen molar-refractivity contribution in [3.8, 4) is 5.75 Å². The first-order valence-electron chi connectivity index (χ1n) is 3.62. The van der Waals surface area contributed by atoms with Crippen molar-refractivity contribution in [3.63, 3.8) is 0 Å². The molecular weight excluding hydrogens is 298 g/mol. The first-order valence-corrected chi connectivity index (χ1v) is 5.21. The second-order valence-electron chi connectivity index (χ2n) is 2.59. The van der Waals surface area contributed by atoms with Crippen molar-refractivity contribution in [2.45, 2.75) is 6.04 Å². The maximum Gasteiger partial charge on any atom is 0.143 e. The molecular formula is C9H9Br2NO. The lowest BCUT2D eigenvalue weighted by Gasteiger charge is -2.09. The third-order valence-corrected chi connectivity index (χ3v) is 2.89. The standard InChI is InChI=1S/C9H9Br2NO/c1-2-8(12)5-3-6(10)9(13)7(11)4-5/h2-4,8,13H,1,12H2/t8-/m0/s1. The number of hydrogen-bond donors (Lipinski definition) is 2. The highest BCUT2D eigenvalue weighted by molar-refractivity contribution is 9.11. The Bertz CT molecular complexity index is 315. The minimum Gasteiger partial charge on any atom is -0.506 e. The molecule has 0 unspecified atom stereocenters. The Morgan fingerprint density at radius 3 is 2.23 bits per heavy atom. The summed E-state index contributed by atoms with van der Waals surface area (Å²) in [5.41, 5.74) is 6.64. The van der Waals surface area contributed by atoms with Crippen molar-refractivity contribution < 1.29 is 5.11 Å². The van der Waals surface area contributed by atoms with Gasteiger partial charge in [-0.25, -0.2) is 0 Å². The van der Waals surface area contributed by atoms with Crippen LogP contribution in [0.15, 0.2) is 33.7 Å². The Hall–Kier alpha value is -0.320. The highest BCUT2D eigenvalue weighted by Crippen LogP contribution is 2.34. The van der Waals surface area contributed by atoms with Gasteiger partial charge in [0.05, 0.1) is 8.95 Å². The molecule has 70 valence electrons. The molecule has 0 heterocycles. The summed E-state index contributed by atoms with van der Waals surface area (Å²) in [5.74, 6) is 0.181. The van der Waals surface area contributed by atoms with E-state index in [4.69, 9.17) is 5.73 Å². The van der Waals surface area contributed by atoms with Crippen molar-refractivity contribution in [2.24, 2.45) is 5.73 Å². The molecule has 0 radical (unpaired) electrons. The number of rotatable bonds is 2. The highest BCUT2D eigenvalue weighted by atomic mass is 79.9. The van der Waals surface area contributed by atoms with E-state index in [0.717, 1.165) is 5.56 Å². The van der Waals surface area contributed by atoms with Gasteiger partial charge in [0, 0.05) is 6.04 Å². The molecule has 13 heavy (non-hydrogen) atoms. The molecule has 0 fully saturated rings. The summed E-state index contributed by atoms with van der Waals surface area (Å²) < 4.78 is 1.24. The number of hydrogen-bond acceptors (Lipinski definition) is 2. The highest BCUT2D eigenvalue weighted by Gasteiger charge is 2.08. The summed E-state index contributed by atoms with van der Waals surface area (Å²) in [4.78, 5) is 0. The molecule has 0 bridgehead atoms. The van der Waals surface area contributed by atoms with Crippen LogP contribution in [-0.4, -0.2) is 5.11 Å². The number of aromatic hydroxyl groups is 1. The van der Waals surface area contributed by atoms with Gasteiger partial charge in [-0.05, 0) is 49.6 Å². The van der Waals surface area contributed by atoms with Crippen LogP contribution in [0.5, 0.6) is 5.75 Å². The van der Waals surface area contributed by atoms with Gasteiger partial charge >= 0.3 is 0 Å². The van der Waals surface area contributed by atoms with E-state index >= 15 is 0 Å². The van der Waals surface area contributed by atoms with Gasteiger partial charge in [-0.2, -0.15) is 0 Å². The predicted octanol–water partition coefficient (Wildman–Crippen LogP) is 3.10. The molecule has 0 saturated heterocycles. The molecule has 4 heteroatoms. The maximum absolute atomic E-state index is 9.42. The number of phenols is 1. The van der Waals surface area contributed by atoms with Crippen molar-refractivity contribution in [3.05, 3.63) is 39.3 Å². The van der Waals surface area contributed by atoms with Gasteiger partial charge in [-0.3, -0.25) is 0 Å². The second-order valence-corrected chi connectivity index (χ2v) is 4.30. The normalized spacial score (nSPS) is 12.5. The fourth-order valence-electron chi connectivity index (χ4n) is 0.914. The number of halogens is 2. The van der Waals surface area contributed by atoms with Crippen LogP contribution in [0.1, 0.15) is 11.6 Å². The van der Waals surface area contributed by atoms with Crippen LogP contribution < -0.4 is 5.73 Å². The van der Waals surface area contributed by atoms with Gasteiger partial charge in [-0.1, -0.05) is 6.08 Å². The average molecular weight is 307 g/mol. The summed E-state index contributed by atoms with van der Waals surface area (Å²) in [6, 6.07) is 3.33. The topological polar surface area (TPSA) is 46.2 Å². The second kappa shape index (κ2) is 4.26. The van der Waals surface area contributed by atoms with Gasteiger partial charge in [-0.15, -0.1) is 6.58 Å². The molecule has 1 rings (SSSR count). The Morgan fingerprint density at radius 1 is 1.38 bits per heavy atom. The zero-order valence-electron chi connectivity index (χ0n) is 6.80. The molecule has 0 aliphatic rings. The van der Waals surface area contributed by atoms with Crippen LogP contribution in [0.25, 0.3) is 0 Å². The summed E-state index contributed by atoms with van der Waals surface area (Å²) in [6.45, 7) is 3.60. The number of benzene rings is 1. The van der Waals surface area contributed by atoms with Crippen molar-refractivity contribution in [1.29, 1.82) is 0 Å². The largest absolute Gasteiger partial charge is 0.506 e. The third-order valence-electron chi connectivity index (χ3n) is 1.68. The molecule has 1 aromatic carbocycles. The molecule has 3 N–H and O–H groups in total. The third kappa shape index (κ3) is 2.33. The van der Waals surface area contributed by atoms with Gasteiger partial charge in [0.2, 0.25) is 0 Å². The Kier molecular flexibility index (Phi) is 3.53. The smallest absolute Gasteiger partial charge is 0.143 e. The van der Waals surface area contributed by atoms with E-state index in [0.29, 0.717) is 8.95 Å². The lowest BCUT2D eigenvalue weighted by molar-refractivity contribution is 0.468. The fraction of sp³-hybridized carbons (Fsp3) is 0.111. The zero-order valence-corrected chi connectivity index (χ0v) is 9.97. The van der Waals surface area contributed by atoms with Gasteiger partial charge in [0.15, 0.2) is 0 Å². The summed E-state index contributed by atoms with van der Waals surface area (Å²) in [6.07, 6.45) is 1.64. The lowest BCUT2D eigenvalue weighted by Crippen LogP contribution is -2.06. The van der Waals surface area contributed by atoms with Gasteiger partial charge < -0.3 is 10.8 Å². The van der Waals surface area contributed by atoms with Gasteiger partial charge in [0.1, 0.15) is 5.75 Å². The summed E-state index contributed by atoms with van der Waals surface area (Å²) >= 11 is 6.45. The van der Waals surface area contributed by atoms with Crippen LogP contribution >= 0.6 is 31.9 Å². The number of nitrogens with two attached hydrogens (primary N) is 1. The van der Waals surface area contributed by atoms with Gasteiger partial charge in [0.25, 0.3) is 0 Å². The van der Waals surface area contributed by atoms with E-state index < -0.39 is 0 Å². The maximum atomic E-state index is 9.42. The molecule has 0 aromatic heterocycles. The van der Waals surface area contributed by atoms with Crippen LogP contribution in [-0.2, 0) is 0 Å². The van der Waals surface area contributed by atoms with Crippen LogP contribution in [0, 0.1) is 0 Å². The van der Waals surface area contributed by atoms with E-state index in [1.807, 2.05) is 0 Å². The Labute approximate surface area is 93.7 Å². The first-order chi connectivity index (χ1) is 6.06. The molecule has 1 atom stereocenters.